The summed E-state index contributed by atoms with van der Waals surface area (Å²) in [4.78, 5) is 9.34. The van der Waals surface area contributed by atoms with Crippen molar-refractivity contribution >= 4 is 71.5 Å². The maximum atomic E-state index is 5.57. The average molecular weight is 580 g/mol. The molecule has 0 aliphatic carbocycles. The molecule has 0 fully saturated rings. The number of H-pyrrole nitrogens is 1. The summed E-state index contributed by atoms with van der Waals surface area (Å²) in [7, 11) is 0. The molecule has 3 heteroatoms. The lowest BCUT2D eigenvalue weighted by Gasteiger charge is -2.15. The number of hydrogen-bond donors (Lipinski definition) is 1. The van der Waals surface area contributed by atoms with E-state index in [2.05, 4.69) is 170 Å². The highest BCUT2D eigenvalue weighted by atomic mass is 15.1. The maximum Gasteiger partial charge on any atom is 0.136 e. The quantitative estimate of drug-likeness (QED) is 0.197. The monoisotopic (exact) mass is 579 g/mol. The highest BCUT2D eigenvalue weighted by Gasteiger charge is 2.22. The van der Waals surface area contributed by atoms with Crippen molar-refractivity contribution in [3.05, 3.63) is 156 Å². The molecule has 0 unspecified atom stereocenters. The Bertz CT molecular complexity index is 2480. The summed E-state index contributed by atoms with van der Waals surface area (Å²) in [6.07, 6.45) is 2.22. The van der Waals surface area contributed by atoms with Crippen LogP contribution in [-0.4, -0.2) is 15.3 Å². The first-order valence-electron chi connectivity index (χ1n) is 15.5. The first-order valence-corrected chi connectivity index (χ1v) is 15.5. The number of fused-ring (bicyclic) bond motifs is 10. The van der Waals surface area contributed by atoms with Crippen molar-refractivity contribution in [2.45, 2.75) is 20.8 Å². The molecule has 0 bridgehead atoms. The third kappa shape index (κ3) is 4.39. The van der Waals surface area contributed by atoms with E-state index in [-0.39, 0.29) is 0 Å². The lowest BCUT2D eigenvalue weighted by atomic mass is 9.99. The van der Waals surface area contributed by atoms with E-state index in [0.29, 0.717) is 0 Å². The molecule has 0 spiro atoms. The van der Waals surface area contributed by atoms with Gasteiger partial charge in [-0.25, -0.2) is 4.99 Å². The topological polar surface area (TPSA) is 33.1 Å². The number of para-hydroxylation sites is 2. The Balaban J connectivity index is 1.52. The van der Waals surface area contributed by atoms with Crippen LogP contribution in [0.3, 0.4) is 0 Å². The van der Waals surface area contributed by atoms with Gasteiger partial charge in [0, 0.05) is 43.4 Å². The van der Waals surface area contributed by atoms with Gasteiger partial charge in [-0.15, -0.1) is 0 Å². The molecule has 0 atom stereocenters. The van der Waals surface area contributed by atoms with Crippen LogP contribution in [0.15, 0.2) is 150 Å². The standard InChI is InChI=1S/C42H33N3/c1-27(2)42(44-36(30-18-8-5-9-19-30)26-28(3)29-16-6-4-7-17-29)45-37-25-15-13-23-34(37)39-38-33-22-12-14-24-35(33)43-40(38)31-20-10-11-21-32(31)41(39)45/h4-26,43H,1-3H3/b28-26+,44-36+. The zero-order valence-electron chi connectivity index (χ0n) is 25.7. The molecule has 2 aromatic heterocycles. The van der Waals surface area contributed by atoms with Gasteiger partial charge in [-0.1, -0.05) is 121 Å². The van der Waals surface area contributed by atoms with E-state index in [0.717, 1.165) is 33.7 Å². The zero-order valence-corrected chi connectivity index (χ0v) is 25.7. The molecule has 8 aromatic rings. The summed E-state index contributed by atoms with van der Waals surface area (Å²) in [5.41, 5.74) is 10.1. The Labute approximate surface area is 262 Å². The molecule has 45 heavy (non-hydrogen) atoms. The molecular weight excluding hydrogens is 546 g/mol. The van der Waals surface area contributed by atoms with E-state index in [1.165, 1.54) is 54.5 Å². The number of nitrogens with zero attached hydrogens (tertiary/aromatic N) is 2. The predicted octanol–water partition coefficient (Wildman–Crippen LogP) is 11.4. The highest BCUT2D eigenvalue weighted by Crippen LogP contribution is 2.45. The minimum Gasteiger partial charge on any atom is -0.354 e. The van der Waals surface area contributed by atoms with Gasteiger partial charge in [0.25, 0.3) is 0 Å². The number of rotatable bonds is 5. The largest absolute Gasteiger partial charge is 0.354 e. The lowest BCUT2D eigenvalue weighted by Crippen LogP contribution is -2.04. The van der Waals surface area contributed by atoms with Crippen molar-refractivity contribution in [1.82, 2.24) is 9.55 Å². The van der Waals surface area contributed by atoms with E-state index >= 15 is 0 Å². The Morgan fingerprint density at radius 2 is 1.16 bits per heavy atom. The Kier molecular flexibility index (Phi) is 6.46. The normalized spacial score (nSPS) is 12.6. The fraction of sp³-hybridized carbons (Fsp3) is 0.0714. The van der Waals surface area contributed by atoms with Gasteiger partial charge in [-0.3, -0.25) is 4.57 Å². The molecule has 1 N–H and O–H groups in total. The molecule has 3 nitrogen and oxygen atoms in total. The fourth-order valence-electron chi connectivity index (χ4n) is 6.76. The number of benzene rings is 6. The van der Waals surface area contributed by atoms with Crippen LogP contribution in [0.2, 0.25) is 0 Å². The van der Waals surface area contributed by atoms with Gasteiger partial charge in [0.1, 0.15) is 5.82 Å². The number of allylic oxidation sites excluding steroid dienone is 3. The van der Waals surface area contributed by atoms with Gasteiger partial charge < -0.3 is 4.98 Å². The van der Waals surface area contributed by atoms with Crippen LogP contribution >= 0.6 is 0 Å². The molecular formula is C42H33N3. The Morgan fingerprint density at radius 1 is 0.578 bits per heavy atom. The van der Waals surface area contributed by atoms with Gasteiger partial charge in [0.05, 0.1) is 22.3 Å². The molecule has 6 aromatic carbocycles. The minimum absolute atomic E-state index is 0.927. The second-order valence-corrected chi connectivity index (χ2v) is 11.9. The lowest BCUT2D eigenvalue weighted by molar-refractivity contribution is 1.13. The van der Waals surface area contributed by atoms with Gasteiger partial charge in [-0.2, -0.15) is 0 Å². The molecule has 0 aliphatic heterocycles. The average Bonchev–Trinajstić information content (AvgIpc) is 3.64. The van der Waals surface area contributed by atoms with E-state index in [9.17, 15) is 0 Å². The first-order chi connectivity index (χ1) is 22.1. The molecule has 216 valence electrons. The Morgan fingerprint density at radius 3 is 1.87 bits per heavy atom. The second-order valence-electron chi connectivity index (χ2n) is 11.9. The second kappa shape index (κ2) is 10.8. The van der Waals surface area contributed by atoms with E-state index in [1.807, 2.05) is 0 Å². The van der Waals surface area contributed by atoms with Crippen LogP contribution in [0.5, 0.6) is 0 Å². The SMILES string of the molecule is CC(C)=C(/N=C(\C=C(/C)c1ccccc1)c1ccccc1)n1c2ccccc2c2c3c4ccccc4[nH]c3c3ccccc3c21. The Hall–Kier alpha value is -5.67. The van der Waals surface area contributed by atoms with Crippen LogP contribution in [0.4, 0.5) is 0 Å². The number of nitrogens with one attached hydrogen (secondary N) is 1. The van der Waals surface area contributed by atoms with Crippen LogP contribution in [0, 0.1) is 0 Å². The van der Waals surface area contributed by atoms with E-state index in [4.69, 9.17) is 4.99 Å². The summed E-state index contributed by atoms with van der Waals surface area (Å²) in [5, 5.41) is 7.38. The molecule has 0 saturated heterocycles. The van der Waals surface area contributed by atoms with Crippen molar-refractivity contribution < 1.29 is 0 Å². The summed E-state index contributed by atoms with van der Waals surface area (Å²) in [6, 6.07) is 47.2. The summed E-state index contributed by atoms with van der Waals surface area (Å²) < 4.78 is 2.40. The third-order valence-corrected chi connectivity index (χ3v) is 8.82. The molecule has 0 aliphatic rings. The number of aliphatic imine (C=N–C) groups is 1. The third-order valence-electron chi connectivity index (χ3n) is 8.82. The van der Waals surface area contributed by atoms with Crippen LogP contribution in [0.1, 0.15) is 31.9 Å². The van der Waals surface area contributed by atoms with Crippen molar-refractivity contribution in [2.24, 2.45) is 4.99 Å². The van der Waals surface area contributed by atoms with Crippen LogP contribution < -0.4 is 0 Å². The smallest absolute Gasteiger partial charge is 0.136 e. The van der Waals surface area contributed by atoms with Crippen LogP contribution in [-0.2, 0) is 0 Å². The molecule has 8 rings (SSSR count). The predicted molar refractivity (Wildman–Crippen MR) is 194 cm³/mol. The minimum atomic E-state index is 0.927. The van der Waals surface area contributed by atoms with E-state index < -0.39 is 0 Å². The number of aromatic nitrogens is 2. The fourth-order valence-corrected chi connectivity index (χ4v) is 6.76. The highest BCUT2D eigenvalue weighted by molar-refractivity contribution is 6.37. The van der Waals surface area contributed by atoms with Gasteiger partial charge in [0.2, 0.25) is 0 Å². The first kappa shape index (κ1) is 26.9. The zero-order chi connectivity index (χ0) is 30.5. The molecule has 0 amide bonds. The maximum absolute atomic E-state index is 5.57. The summed E-state index contributed by atoms with van der Waals surface area (Å²) in [5.74, 6) is 0.932. The van der Waals surface area contributed by atoms with Crippen molar-refractivity contribution in [3.63, 3.8) is 0 Å². The van der Waals surface area contributed by atoms with E-state index in [1.54, 1.807) is 0 Å². The van der Waals surface area contributed by atoms with Crippen molar-refractivity contribution in [3.8, 4) is 0 Å². The molecule has 0 radical (unpaired) electrons. The summed E-state index contributed by atoms with van der Waals surface area (Å²) in [6.45, 7) is 6.50. The van der Waals surface area contributed by atoms with Crippen molar-refractivity contribution in [2.75, 3.05) is 0 Å². The van der Waals surface area contributed by atoms with Gasteiger partial charge in [0.15, 0.2) is 0 Å². The van der Waals surface area contributed by atoms with Gasteiger partial charge in [-0.05, 0) is 55.7 Å². The summed E-state index contributed by atoms with van der Waals surface area (Å²) >= 11 is 0. The molecule has 0 saturated carbocycles. The van der Waals surface area contributed by atoms with Crippen molar-refractivity contribution in [1.29, 1.82) is 0 Å². The van der Waals surface area contributed by atoms with Gasteiger partial charge >= 0.3 is 0 Å². The van der Waals surface area contributed by atoms with Crippen LogP contribution in [0.25, 0.3) is 65.8 Å². The number of aromatic amines is 1. The molecule has 2 heterocycles. The number of hydrogen-bond acceptors (Lipinski definition) is 1.